The summed E-state index contributed by atoms with van der Waals surface area (Å²) in [5, 5.41) is 4.77. The second-order valence-electron chi connectivity index (χ2n) is 3.56. The van der Waals surface area contributed by atoms with Crippen molar-refractivity contribution in [3.63, 3.8) is 0 Å². The Morgan fingerprint density at radius 1 is 1.19 bits per heavy atom. The van der Waals surface area contributed by atoms with Crippen LogP contribution in [-0.4, -0.2) is 5.78 Å². The second kappa shape index (κ2) is 5.28. The molecule has 0 aliphatic carbocycles. The number of halogens is 1. The highest BCUT2D eigenvalue weighted by Crippen LogP contribution is 2.14. The van der Waals surface area contributed by atoms with Gasteiger partial charge < -0.3 is 0 Å². The van der Waals surface area contributed by atoms with Crippen LogP contribution in [0.5, 0.6) is 0 Å². The van der Waals surface area contributed by atoms with E-state index in [9.17, 15) is 4.79 Å². The molecule has 0 N–H and O–H groups in total. The molecule has 16 heavy (non-hydrogen) atoms. The van der Waals surface area contributed by atoms with Crippen LogP contribution in [0.25, 0.3) is 0 Å². The van der Waals surface area contributed by atoms with Gasteiger partial charge in [0, 0.05) is 17.0 Å². The summed E-state index contributed by atoms with van der Waals surface area (Å²) in [6.07, 6.45) is 1.36. The van der Waals surface area contributed by atoms with E-state index in [1.54, 1.807) is 35.6 Å². The van der Waals surface area contributed by atoms with E-state index in [2.05, 4.69) is 11.4 Å². The molecule has 82 valence electrons. The zero-order valence-corrected chi connectivity index (χ0v) is 10.2. The maximum atomic E-state index is 11.8. The zero-order valence-electron chi connectivity index (χ0n) is 8.65. The number of thiophene rings is 1. The molecule has 1 heterocycles. The van der Waals surface area contributed by atoms with E-state index in [0.717, 1.165) is 12.0 Å². The van der Waals surface area contributed by atoms with Crippen LogP contribution in [0.15, 0.2) is 41.1 Å². The number of benzene rings is 1. The molecule has 1 aromatic heterocycles. The van der Waals surface area contributed by atoms with E-state index < -0.39 is 0 Å². The third-order valence-electron chi connectivity index (χ3n) is 2.39. The van der Waals surface area contributed by atoms with Crippen LogP contribution < -0.4 is 0 Å². The number of hydrogen-bond donors (Lipinski definition) is 0. The Bertz CT molecular complexity index is 459. The number of carbonyl (C=O) groups excluding carboxylic acids is 1. The molecule has 0 spiro atoms. The zero-order chi connectivity index (χ0) is 11.4. The van der Waals surface area contributed by atoms with Crippen molar-refractivity contribution in [3.8, 4) is 0 Å². The molecule has 0 unspecified atom stereocenters. The van der Waals surface area contributed by atoms with Gasteiger partial charge in [-0.2, -0.15) is 11.3 Å². The molecule has 3 heteroatoms. The molecule has 0 aliphatic rings. The molecular weight excluding hydrogens is 240 g/mol. The fourth-order valence-electron chi connectivity index (χ4n) is 1.47. The van der Waals surface area contributed by atoms with Gasteiger partial charge in [-0.15, -0.1) is 0 Å². The Morgan fingerprint density at radius 3 is 2.56 bits per heavy atom. The molecule has 0 amide bonds. The highest BCUT2D eigenvalue weighted by Gasteiger charge is 2.05. The third-order valence-corrected chi connectivity index (χ3v) is 3.37. The molecule has 0 aliphatic heterocycles. The number of carbonyl (C=O) groups is 1. The van der Waals surface area contributed by atoms with Crippen molar-refractivity contribution >= 4 is 28.7 Å². The minimum atomic E-state index is 0.169. The van der Waals surface area contributed by atoms with Gasteiger partial charge in [0.2, 0.25) is 0 Å². The van der Waals surface area contributed by atoms with Crippen molar-refractivity contribution in [2.24, 2.45) is 0 Å². The molecule has 0 fully saturated rings. The Balaban J connectivity index is 1.95. The number of aryl methyl sites for hydroxylation is 1. The van der Waals surface area contributed by atoms with E-state index >= 15 is 0 Å². The van der Waals surface area contributed by atoms with Crippen LogP contribution in [0, 0.1) is 0 Å². The SMILES string of the molecule is O=C(CCc1ccsc1)c1ccc(Cl)cc1. The molecule has 1 aromatic carbocycles. The van der Waals surface area contributed by atoms with E-state index in [0.29, 0.717) is 11.4 Å². The van der Waals surface area contributed by atoms with Crippen LogP contribution >= 0.6 is 22.9 Å². The largest absolute Gasteiger partial charge is 0.294 e. The first-order chi connectivity index (χ1) is 7.75. The fraction of sp³-hybridized carbons (Fsp3) is 0.154. The minimum Gasteiger partial charge on any atom is -0.294 e. The predicted molar refractivity (Wildman–Crippen MR) is 68.4 cm³/mol. The van der Waals surface area contributed by atoms with Crippen LogP contribution in [0.1, 0.15) is 22.3 Å². The molecule has 0 saturated heterocycles. The smallest absolute Gasteiger partial charge is 0.163 e. The summed E-state index contributed by atoms with van der Waals surface area (Å²) in [5.74, 6) is 0.169. The highest BCUT2D eigenvalue weighted by atomic mass is 35.5. The lowest BCUT2D eigenvalue weighted by atomic mass is 10.0. The van der Waals surface area contributed by atoms with Crippen LogP contribution in [0.2, 0.25) is 5.02 Å². The van der Waals surface area contributed by atoms with Crippen molar-refractivity contribution < 1.29 is 4.79 Å². The molecule has 2 aromatic rings. The molecular formula is C13H11ClOS. The summed E-state index contributed by atoms with van der Waals surface area (Å²) in [5.41, 5.74) is 1.96. The predicted octanol–water partition coefficient (Wildman–Crippen LogP) is 4.22. The van der Waals surface area contributed by atoms with Crippen molar-refractivity contribution in [3.05, 3.63) is 57.2 Å². The van der Waals surface area contributed by atoms with Gasteiger partial charge >= 0.3 is 0 Å². The Morgan fingerprint density at radius 2 is 1.94 bits per heavy atom. The second-order valence-corrected chi connectivity index (χ2v) is 4.78. The standard InChI is InChI=1S/C13H11ClOS/c14-12-4-2-11(3-5-12)13(15)6-1-10-7-8-16-9-10/h2-5,7-9H,1,6H2. The van der Waals surface area contributed by atoms with Gasteiger partial charge in [-0.1, -0.05) is 11.6 Å². The minimum absolute atomic E-state index is 0.169. The summed E-state index contributed by atoms with van der Waals surface area (Å²) in [4.78, 5) is 11.8. The number of Topliss-reactive ketones (excluding diaryl/α,β-unsaturated/α-hetero) is 1. The quantitative estimate of drug-likeness (QED) is 0.743. The van der Waals surface area contributed by atoms with Crippen LogP contribution in [0.4, 0.5) is 0 Å². The van der Waals surface area contributed by atoms with Gasteiger partial charge in [0.25, 0.3) is 0 Å². The van der Waals surface area contributed by atoms with Crippen LogP contribution in [0.3, 0.4) is 0 Å². The van der Waals surface area contributed by atoms with Gasteiger partial charge in [-0.05, 0) is 53.1 Å². The average Bonchev–Trinajstić information content (AvgIpc) is 2.80. The van der Waals surface area contributed by atoms with Gasteiger partial charge in [0.15, 0.2) is 5.78 Å². The molecule has 0 saturated carbocycles. The monoisotopic (exact) mass is 250 g/mol. The molecule has 2 rings (SSSR count). The van der Waals surface area contributed by atoms with Crippen molar-refractivity contribution in [2.75, 3.05) is 0 Å². The summed E-state index contributed by atoms with van der Waals surface area (Å²) in [6, 6.07) is 9.11. The van der Waals surface area contributed by atoms with Crippen molar-refractivity contribution in [2.45, 2.75) is 12.8 Å². The summed E-state index contributed by atoms with van der Waals surface area (Å²) >= 11 is 7.43. The molecule has 0 radical (unpaired) electrons. The lowest BCUT2D eigenvalue weighted by Crippen LogP contribution is -2.00. The fourth-order valence-corrected chi connectivity index (χ4v) is 2.30. The lowest BCUT2D eigenvalue weighted by molar-refractivity contribution is 0.0983. The topological polar surface area (TPSA) is 17.1 Å². The number of rotatable bonds is 4. The van der Waals surface area contributed by atoms with Crippen LogP contribution in [-0.2, 0) is 6.42 Å². The summed E-state index contributed by atoms with van der Waals surface area (Å²) in [7, 11) is 0. The maximum Gasteiger partial charge on any atom is 0.163 e. The van der Waals surface area contributed by atoms with Gasteiger partial charge in [0.1, 0.15) is 0 Å². The first-order valence-corrected chi connectivity index (χ1v) is 6.37. The van der Waals surface area contributed by atoms with Gasteiger partial charge in [0.05, 0.1) is 0 Å². The third kappa shape index (κ3) is 2.94. The number of ketones is 1. The first kappa shape index (κ1) is 11.4. The molecule has 1 nitrogen and oxygen atoms in total. The lowest BCUT2D eigenvalue weighted by Gasteiger charge is -2.00. The van der Waals surface area contributed by atoms with E-state index in [-0.39, 0.29) is 5.78 Å². The maximum absolute atomic E-state index is 11.8. The van der Waals surface area contributed by atoms with Gasteiger partial charge in [-0.25, -0.2) is 0 Å². The average molecular weight is 251 g/mol. The van der Waals surface area contributed by atoms with E-state index in [1.165, 1.54) is 5.56 Å². The van der Waals surface area contributed by atoms with Crippen molar-refractivity contribution in [1.82, 2.24) is 0 Å². The Labute approximate surface area is 104 Å². The highest BCUT2D eigenvalue weighted by molar-refractivity contribution is 7.07. The normalized spacial score (nSPS) is 10.3. The number of hydrogen-bond acceptors (Lipinski definition) is 2. The first-order valence-electron chi connectivity index (χ1n) is 5.05. The Hall–Kier alpha value is -1.12. The van der Waals surface area contributed by atoms with E-state index in [4.69, 9.17) is 11.6 Å². The molecule has 0 bridgehead atoms. The van der Waals surface area contributed by atoms with Gasteiger partial charge in [-0.3, -0.25) is 4.79 Å². The summed E-state index contributed by atoms with van der Waals surface area (Å²) in [6.45, 7) is 0. The van der Waals surface area contributed by atoms with Crippen molar-refractivity contribution in [1.29, 1.82) is 0 Å². The van der Waals surface area contributed by atoms with E-state index in [1.807, 2.05) is 5.38 Å². The molecule has 0 atom stereocenters. The Kier molecular flexibility index (Phi) is 3.75. The summed E-state index contributed by atoms with van der Waals surface area (Å²) < 4.78 is 0.